The summed E-state index contributed by atoms with van der Waals surface area (Å²) in [4.78, 5) is 0. The van der Waals surface area contributed by atoms with Crippen molar-refractivity contribution in [3.05, 3.63) is 65.2 Å². The largest absolute Gasteiger partial charge is 0.496 e. The van der Waals surface area contributed by atoms with Crippen molar-refractivity contribution in [2.45, 2.75) is 32.3 Å². The van der Waals surface area contributed by atoms with Crippen molar-refractivity contribution in [3.8, 4) is 11.5 Å². The fourth-order valence-electron chi connectivity index (χ4n) is 2.82. The zero-order valence-corrected chi connectivity index (χ0v) is 13.3. The van der Waals surface area contributed by atoms with Crippen LogP contribution in [0.4, 0.5) is 0 Å². The van der Waals surface area contributed by atoms with E-state index < -0.39 is 0 Å². The molecule has 0 heterocycles. The molecule has 0 saturated heterocycles. The zero-order chi connectivity index (χ0) is 15.5. The van der Waals surface area contributed by atoms with Gasteiger partial charge in [0.15, 0.2) is 0 Å². The lowest BCUT2D eigenvalue weighted by Gasteiger charge is -2.16. The summed E-state index contributed by atoms with van der Waals surface area (Å²) >= 11 is 0. The monoisotopic (exact) mass is 294 g/mol. The van der Waals surface area contributed by atoms with Crippen LogP contribution in [0.25, 0.3) is 6.08 Å². The summed E-state index contributed by atoms with van der Waals surface area (Å²) in [5.41, 5.74) is 4.61. The lowest BCUT2D eigenvalue weighted by Crippen LogP contribution is -2.02. The summed E-state index contributed by atoms with van der Waals surface area (Å²) in [7, 11) is 1.74. The Labute approximate surface area is 132 Å². The molecule has 1 aliphatic carbocycles. The molecule has 0 unspecified atom stereocenters. The molecule has 0 aromatic heterocycles. The van der Waals surface area contributed by atoms with Crippen LogP contribution in [0, 0.1) is 6.92 Å². The van der Waals surface area contributed by atoms with Gasteiger partial charge in [0.05, 0.1) is 7.11 Å². The molecule has 0 aliphatic heterocycles. The topological polar surface area (TPSA) is 18.5 Å². The smallest absolute Gasteiger partial charge is 0.129 e. The maximum absolute atomic E-state index is 5.98. The molecule has 22 heavy (non-hydrogen) atoms. The van der Waals surface area contributed by atoms with Gasteiger partial charge in [0.25, 0.3) is 0 Å². The predicted octanol–water partition coefficient (Wildman–Crippen LogP) is 5.10. The van der Waals surface area contributed by atoms with Crippen LogP contribution in [0.2, 0.25) is 0 Å². The van der Waals surface area contributed by atoms with Gasteiger partial charge in [-0.05, 0) is 42.9 Å². The summed E-state index contributed by atoms with van der Waals surface area (Å²) in [5, 5.41) is 0. The first kappa shape index (κ1) is 14.7. The number of methoxy groups -OCH3 is 1. The van der Waals surface area contributed by atoms with E-state index in [0.29, 0.717) is 12.5 Å². The van der Waals surface area contributed by atoms with E-state index in [-0.39, 0.29) is 0 Å². The van der Waals surface area contributed by atoms with Crippen LogP contribution in [-0.2, 0) is 6.61 Å². The molecule has 0 amide bonds. The quantitative estimate of drug-likeness (QED) is 0.737. The average Bonchev–Trinajstić information content (AvgIpc) is 3.37. The van der Waals surface area contributed by atoms with Gasteiger partial charge in [-0.2, -0.15) is 0 Å². The van der Waals surface area contributed by atoms with Crippen LogP contribution in [-0.4, -0.2) is 7.11 Å². The molecule has 1 saturated carbocycles. The maximum atomic E-state index is 5.98. The minimum Gasteiger partial charge on any atom is -0.496 e. The van der Waals surface area contributed by atoms with E-state index >= 15 is 0 Å². The van der Waals surface area contributed by atoms with E-state index in [2.05, 4.69) is 31.7 Å². The van der Waals surface area contributed by atoms with E-state index in [9.17, 15) is 0 Å². The Balaban J connectivity index is 1.87. The third kappa shape index (κ3) is 2.87. The Kier molecular flexibility index (Phi) is 4.19. The molecule has 1 fully saturated rings. The van der Waals surface area contributed by atoms with Crippen LogP contribution in [0.15, 0.2) is 43.0 Å². The average molecular weight is 294 g/mol. The first-order chi connectivity index (χ1) is 10.7. The molecule has 2 heteroatoms. The Morgan fingerprint density at radius 1 is 1.18 bits per heavy atom. The van der Waals surface area contributed by atoms with E-state index in [4.69, 9.17) is 9.47 Å². The minimum absolute atomic E-state index is 0.521. The van der Waals surface area contributed by atoms with Crippen LogP contribution in [0.3, 0.4) is 0 Å². The molecule has 1 aliphatic rings. The number of benzene rings is 2. The molecule has 2 aromatic rings. The fourth-order valence-corrected chi connectivity index (χ4v) is 2.82. The highest BCUT2D eigenvalue weighted by molar-refractivity contribution is 5.63. The number of hydrogen-bond donors (Lipinski definition) is 0. The summed E-state index contributed by atoms with van der Waals surface area (Å²) < 4.78 is 11.6. The van der Waals surface area contributed by atoms with E-state index in [1.165, 1.54) is 18.4 Å². The van der Waals surface area contributed by atoms with Gasteiger partial charge in [0, 0.05) is 11.1 Å². The van der Waals surface area contributed by atoms with Crippen molar-refractivity contribution in [1.82, 2.24) is 0 Å². The molecule has 3 rings (SSSR count). The summed E-state index contributed by atoms with van der Waals surface area (Å²) in [6.45, 7) is 6.54. The highest BCUT2D eigenvalue weighted by atomic mass is 16.5. The van der Waals surface area contributed by atoms with Crippen molar-refractivity contribution in [2.75, 3.05) is 7.11 Å². The highest BCUT2D eigenvalue weighted by Crippen LogP contribution is 2.46. The molecule has 2 aromatic carbocycles. The lowest BCUT2D eigenvalue weighted by atomic mass is 9.99. The standard InChI is InChI=1S/C20H22O2/c1-4-17-16(13-22-19-8-6-5-7-14(19)2)11-12-18(15-9-10-15)20(17)21-3/h4-8,11-12,15H,1,9-10,13H2,2-3H3. The number of ether oxygens (including phenoxy) is 2. The molecule has 114 valence electrons. The number of hydrogen-bond acceptors (Lipinski definition) is 2. The second-order valence-corrected chi connectivity index (χ2v) is 5.79. The maximum Gasteiger partial charge on any atom is 0.129 e. The third-order valence-corrected chi connectivity index (χ3v) is 4.22. The van der Waals surface area contributed by atoms with Crippen LogP contribution < -0.4 is 9.47 Å². The Morgan fingerprint density at radius 3 is 2.59 bits per heavy atom. The van der Waals surface area contributed by atoms with Gasteiger partial charge in [-0.25, -0.2) is 0 Å². The number of rotatable bonds is 6. The molecule has 0 radical (unpaired) electrons. The zero-order valence-electron chi connectivity index (χ0n) is 13.3. The van der Waals surface area contributed by atoms with Crippen LogP contribution in [0.1, 0.15) is 41.0 Å². The lowest BCUT2D eigenvalue weighted by molar-refractivity contribution is 0.302. The minimum atomic E-state index is 0.521. The molecular formula is C20H22O2. The number of aryl methyl sites for hydroxylation is 1. The molecule has 2 nitrogen and oxygen atoms in total. The van der Waals surface area contributed by atoms with Crippen molar-refractivity contribution < 1.29 is 9.47 Å². The van der Waals surface area contributed by atoms with Crippen molar-refractivity contribution in [2.24, 2.45) is 0 Å². The highest BCUT2D eigenvalue weighted by Gasteiger charge is 2.28. The molecule has 0 spiro atoms. The predicted molar refractivity (Wildman–Crippen MR) is 90.6 cm³/mol. The van der Waals surface area contributed by atoms with Gasteiger partial charge < -0.3 is 9.47 Å². The van der Waals surface area contributed by atoms with Crippen molar-refractivity contribution in [3.63, 3.8) is 0 Å². The second kappa shape index (κ2) is 6.27. The fraction of sp³-hybridized carbons (Fsp3) is 0.300. The van der Waals surface area contributed by atoms with Gasteiger partial charge >= 0.3 is 0 Å². The van der Waals surface area contributed by atoms with E-state index in [1.807, 2.05) is 24.3 Å². The van der Waals surface area contributed by atoms with Gasteiger partial charge in [0.2, 0.25) is 0 Å². The molecule has 0 atom stereocenters. The second-order valence-electron chi connectivity index (χ2n) is 5.79. The Bertz CT molecular complexity index is 684. The van der Waals surface area contributed by atoms with Crippen molar-refractivity contribution >= 4 is 6.08 Å². The summed E-state index contributed by atoms with van der Waals surface area (Å²) in [5.74, 6) is 2.53. The van der Waals surface area contributed by atoms with Gasteiger partial charge in [-0.1, -0.05) is 43.0 Å². The van der Waals surface area contributed by atoms with E-state index in [0.717, 1.165) is 28.2 Å². The third-order valence-electron chi connectivity index (χ3n) is 4.22. The molecular weight excluding hydrogens is 272 g/mol. The number of para-hydroxylation sites is 1. The van der Waals surface area contributed by atoms with Gasteiger partial charge in [-0.15, -0.1) is 0 Å². The molecule has 0 bridgehead atoms. The summed E-state index contributed by atoms with van der Waals surface area (Å²) in [6, 6.07) is 12.4. The SMILES string of the molecule is C=Cc1c(COc2ccccc2C)ccc(C2CC2)c1OC. The normalized spacial score (nSPS) is 13.7. The first-order valence-electron chi connectivity index (χ1n) is 7.75. The Hall–Kier alpha value is -2.22. The molecule has 0 N–H and O–H groups in total. The van der Waals surface area contributed by atoms with Gasteiger partial charge in [0.1, 0.15) is 18.1 Å². The first-order valence-corrected chi connectivity index (χ1v) is 7.75. The van der Waals surface area contributed by atoms with Crippen LogP contribution in [0.5, 0.6) is 11.5 Å². The summed E-state index contributed by atoms with van der Waals surface area (Å²) in [6.07, 6.45) is 4.39. The van der Waals surface area contributed by atoms with E-state index in [1.54, 1.807) is 7.11 Å². The van der Waals surface area contributed by atoms with Crippen molar-refractivity contribution in [1.29, 1.82) is 0 Å². The van der Waals surface area contributed by atoms with Crippen LogP contribution >= 0.6 is 0 Å². The van der Waals surface area contributed by atoms with Gasteiger partial charge in [-0.3, -0.25) is 0 Å². The Morgan fingerprint density at radius 2 is 1.95 bits per heavy atom.